The van der Waals surface area contributed by atoms with Crippen molar-refractivity contribution >= 4 is 23.4 Å². The Morgan fingerprint density at radius 3 is 2.60 bits per heavy atom. The van der Waals surface area contributed by atoms with Gasteiger partial charge in [0.2, 0.25) is 5.91 Å². The molecule has 6 heteroatoms. The van der Waals surface area contributed by atoms with Gasteiger partial charge in [0, 0.05) is 18.7 Å². The Kier molecular flexibility index (Phi) is 5.47. The molecule has 5 nitrogen and oxygen atoms in total. The fourth-order valence-electron chi connectivity index (χ4n) is 3.36. The van der Waals surface area contributed by atoms with Crippen LogP contribution in [0.4, 0.5) is 5.69 Å². The van der Waals surface area contributed by atoms with Crippen molar-refractivity contribution in [2.24, 2.45) is 0 Å². The zero-order chi connectivity index (χ0) is 18.0. The third kappa shape index (κ3) is 4.06. The standard InChI is InChI=1S/C19H26N4OS/c1-12-10-13(2)17(14(3)11-12)20-18(24)15(4)25-19-22-21-16-8-6-5-7-9-23(16)19/h10-11,15H,5-9H2,1-4H3,(H,20,24)/t15-/m1/s1. The second kappa shape index (κ2) is 7.60. The maximum atomic E-state index is 12.7. The van der Waals surface area contributed by atoms with Crippen molar-refractivity contribution in [3.05, 3.63) is 34.6 Å². The monoisotopic (exact) mass is 358 g/mol. The third-order valence-electron chi connectivity index (χ3n) is 4.65. The Morgan fingerprint density at radius 1 is 1.16 bits per heavy atom. The van der Waals surface area contributed by atoms with Gasteiger partial charge in [-0.2, -0.15) is 0 Å². The summed E-state index contributed by atoms with van der Waals surface area (Å²) in [6.45, 7) is 9.02. The van der Waals surface area contributed by atoms with Gasteiger partial charge >= 0.3 is 0 Å². The van der Waals surface area contributed by atoms with Crippen molar-refractivity contribution < 1.29 is 4.79 Å². The van der Waals surface area contributed by atoms with Crippen LogP contribution in [0.3, 0.4) is 0 Å². The SMILES string of the molecule is Cc1cc(C)c(NC(=O)[C@@H](C)Sc2nnc3n2CCCCC3)c(C)c1. The van der Waals surface area contributed by atoms with Crippen LogP contribution < -0.4 is 5.32 Å². The van der Waals surface area contributed by atoms with E-state index in [1.807, 2.05) is 20.8 Å². The van der Waals surface area contributed by atoms with Crippen molar-refractivity contribution in [1.29, 1.82) is 0 Å². The minimum atomic E-state index is -0.225. The lowest BCUT2D eigenvalue weighted by Crippen LogP contribution is -2.24. The molecule has 2 heterocycles. The first-order valence-electron chi connectivity index (χ1n) is 8.93. The predicted octanol–water partition coefficient (Wildman–Crippen LogP) is 4.05. The molecule has 2 aromatic rings. The van der Waals surface area contributed by atoms with E-state index in [-0.39, 0.29) is 11.2 Å². The zero-order valence-corrected chi connectivity index (χ0v) is 16.2. The molecule has 1 aromatic carbocycles. The summed E-state index contributed by atoms with van der Waals surface area (Å²) in [5.74, 6) is 1.06. The van der Waals surface area contributed by atoms with Crippen LogP contribution in [-0.2, 0) is 17.8 Å². The third-order valence-corrected chi connectivity index (χ3v) is 5.73. The number of fused-ring (bicyclic) bond motifs is 1. The summed E-state index contributed by atoms with van der Waals surface area (Å²) < 4.78 is 2.18. The minimum absolute atomic E-state index is 0.00558. The molecular formula is C19H26N4OS. The van der Waals surface area contributed by atoms with Crippen LogP contribution in [0.5, 0.6) is 0 Å². The number of benzene rings is 1. The highest BCUT2D eigenvalue weighted by molar-refractivity contribution is 8.00. The van der Waals surface area contributed by atoms with Gasteiger partial charge in [-0.05, 0) is 51.7 Å². The second-order valence-corrected chi connectivity index (χ2v) is 8.19. The number of anilines is 1. The van der Waals surface area contributed by atoms with Crippen molar-refractivity contribution in [2.45, 2.75) is 70.3 Å². The van der Waals surface area contributed by atoms with Gasteiger partial charge in [0.25, 0.3) is 0 Å². The van der Waals surface area contributed by atoms with E-state index in [1.165, 1.54) is 30.2 Å². The number of hydrogen-bond acceptors (Lipinski definition) is 4. The number of amides is 1. The van der Waals surface area contributed by atoms with Crippen LogP contribution in [0.15, 0.2) is 17.3 Å². The Hall–Kier alpha value is -1.82. The first kappa shape index (κ1) is 18.0. The van der Waals surface area contributed by atoms with Crippen LogP contribution in [0.25, 0.3) is 0 Å². The minimum Gasteiger partial charge on any atom is -0.325 e. The first-order chi connectivity index (χ1) is 12.0. The molecule has 1 N–H and O–H groups in total. The molecule has 1 aliphatic rings. The van der Waals surface area contributed by atoms with Crippen molar-refractivity contribution in [3.63, 3.8) is 0 Å². The van der Waals surface area contributed by atoms with Crippen LogP contribution in [0, 0.1) is 20.8 Å². The van der Waals surface area contributed by atoms with Crippen molar-refractivity contribution in [3.8, 4) is 0 Å². The average molecular weight is 359 g/mol. The molecule has 3 rings (SSSR count). The summed E-state index contributed by atoms with van der Waals surface area (Å²) in [6, 6.07) is 4.19. The molecule has 1 atom stereocenters. The Balaban J connectivity index is 1.71. The Morgan fingerprint density at radius 2 is 1.88 bits per heavy atom. The van der Waals surface area contributed by atoms with Crippen LogP contribution >= 0.6 is 11.8 Å². The van der Waals surface area contributed by atoms with Gasteiger partial charge in [-0.15, -0.1) is 10.2 Å². The lowest BCUT2D eigenvalue weighted by atomic mass is 10.1. The maximum Gasteiger partial charge on any atom is 0.237 e. The molecule has 1 aromatic heterocycles. The summed E-state index contributed by atoms with van der Waals surface area (Å²) >= 11 is 1.49. The fraction of sp³-hybridized carbons (Fsp3) is 0.526. The number of hydrogen-bond donors (Lipinski definition) is 1. The molecule has 0 fully saturated rings. The van der Waals surface area contributed by atoms with Crippen LogP contribution in [-0.4, -0.2) is 25.9 Å². The highest BCUT2D eigenvalue weighted by atomic mass is 32.2. The molecular weight excluding hydrogens is 332 g/mol. The van der Waals surface area contributed by atoms with Gasteiger partial charge in [-0.3, -0.25) is 4.79 Å². The summed E-state index contributed by atoms with van der Waals surface area (Å²) in [5.41, 5.74) is 4.32. The number of carbonyl (C=O) groups is 1. The number of aromatic nitrogens is 3. The quantitative estimate of drug-likeness (QED) is 0.838. The van der Waals surface area contributed by atoms with E-state index in [0.29, 0.717) is 0 Å². The van der Waals surface area contributed by atoms with Gasteiger partial charge in [-0.1, -0.05) is 35.9 Å². The van der Waals surface area contributed by atoms with Crippen molar-refractivity contribution in [1.82, 2.24) is 14.8 Å². The van der Waals surface area contributed by atoms with Gasteiger partial charge in [0.15, 0.2) is 5.16 Å². The van der Waals surface area contributed by atoms with Gasteiger partial charge in [0.05, 0.1) is 5.25 Å². The van der Waals surface area contributed by atoms with E-state index in [2.05, 4.69) is 39.1 Å². The van der Waals surface area contributed by atoms with E-state index < -0.39 is 0 Å². The summed E-state index contributed by atoms with van der Waals surface area (Å²) in [5, 5.41) is 12.3. The summed E-state index contributed by atoms with van der Waals surface area (Å²) in [6.07, 6.45) is 4.54. The van der Waals surface area contributed by atoms with E-state index >= 15 is 0 Å². The molecule has 1 aliphatic heterocycles. The second-order valence-electron chi connectivity index (χ2n) is 6.88. The van der Waals surface area contributed by atoms with Crippen LogP contribution in [0.1, 0.15) is 48.7 Å². The number of rotatable bonds is 4. The van der Waals surface area contributed by atoms with E-state index in [1.54, 1.807) is 0 Å². The first-order valence-corrected chi connectivity index (χ1v) is 9.81. The molecule has 0 aliphatic carbocycles. The predicted molar refractivity (Wildman–Crippen MR) is 102 cm³/mol. The van der Waals surface area contributed by atoms with Gasteiger partial charge in [-0.25, -0.2) is 0 Å². The number of nitrogens with zero attached hydrogens (tertiary/aromatic N) is 3. The van der Waals surface area contributed by atoms with E-state index in [0.717, 1.165) is 47.2 Å². The maximum absolute atomic E-state index is 12.7. The van der Waals surface area contributed by atoms with Crippen molar-refractivity contribution in [2.75, 3.05) is 5.32 Å². The number of thioether (sulfide) groups is 1. The Labute approximate surface area is 153 Å². The number of nitrogens with one attached hydrogen (secondary N) is 1. The van der Waals surface area contributed by atoms with Gasteiger partial charge < -0.3 is 9.88 Å². The molecule has 0 saturated heterocycles. The summed E-state index contributed by atoms with van der Waals surface area (Å²) in [4.78, 5) is 12.7. The lowest BCUT2D eigenvalue weighted by Gasteiger charge is -2.16. The number of carbonyl (C=O) groups excluding carboxylic acids is 1. The molecule has 0 saturated carbocycles. The van der Waals surface area contributed by atoms with Crippen LogP contribution in [0.2, 0.25) is 0 Å². The van der Waals surface area contributed by atoms with E-state index in [4.69, 9.17) is 0 Å². The normalized spacial score (nSPS) is 15.4. The molecule has 0 unspecified atom stereocenters. The molecule has 25 heavy (non-hydrogen) atoms. The van der Waals surface area contributed by atoms with Gasteiger partial charge in [0.1, 0.15) is 5.82 Å². The fourth-order valence-corrected chi connectivity index (χ4v) is 4.25. The topological polar surface area (TPSA) is 59.8 Å². The molecule has 1 amide bonds. The lowest BCUT2D eigenvalue weighted by molar-refractivity contribution is -0.115. The summed E-state index contributed by atoms with van der Waals surface area (Å²) in [7, 11) is 0. The number of aryl methyl sites for hydroxylation is 4. The molecule has 0 spiro atoms. The average Bonchev–Trinajstić information content (AvgIpc) is 2.78. The smallest absolute Gasteiger partial charge is 0.237 e. The molecule has 0 radical (unpaired) electrons. The highest BCUT2D eigenvalue weighted by Crippen LogP contribution is 2.27. The highest BCUT2D eigenvalue weighted by Gasteiger charge is 2.22. The molecule has 134 valence electrons. The molecule has 0 bridgehead atoms. The largest absolute Gasteiger partial charge is 0.325 e. The zero-order valence-electron chi connectivity index (χ0n) is 15.4. The van der Waals surface area contributed by atoms with E-state index in [9.17, 15) is 4.79 Å². The Bertz CT molecular complexity index is 761.